The van der Waals surface area contributed by atoms with E-state index in [9.17, 15) is 4.79 Å². The number of amides is 1. The van der Waals surface area contributed by atoms with Gasteiger partial charge in [0.25, 0.3) is 5.91 Å². The predicted octanol–water partition coefficient (Wildman–Crippen LogP) is 4.83. The molecule has 1 aromatic carbocycles. The van der Waals surface area contributed by atoms with Crippen molar-refractivity contribution < 1.29 is 13.6 Å². The van der Waals surface area contributed by atoms with Gasteiger partial charge in [-0.3, -0.25) is 9.69 Å². The fourth-order valence-corrected chi connectivity index (χ4v) is 3.64. The number of furan rings is 2. The Morgan fingerprint density at radius 2 is 1.62 bits per heavy atom. The number of hydrogen-bond donors (Lipinski definition) is 1. The van der Waals surface area contributed by atoms with Crippen LogP contribution in [0.2, 0.25) is 5.02 Å². The lowest BCUT2D eigenvalue weighted by atomic mass is 10.3. The molecule has 0 bridgehead atoms. The van der Waals surface area contributed by atoms with Crippen molar-refractivity contribution in [3.05, 3.63) is 87.6 Å². The molecule has 0 fully saturated rings. The molecule has 0 saturated heterocycles. The van der Waals surface area contributed by atoms with Crippen molar-refractivity contribution in [3.8, 4) is 0 Å². The number of hydrogen-bond acceptors (Lipinski definition) is 7. The molecule has 0 spiro atoms. The Labute approximate surface area is 175 Å². The predicted molar refractivity (Wildman–Crippen MR) is 110 cm³/mol. The van der Waals surface area contributed by atoms with Crippen molar-refractivity contribution in [2.24, 2.45) is 0 Å². The molecule has 1 N–H and O–H groups in total. The minimum atomic E-state index is -0.306. The van der Waals surface area contributed by atoms with Crippen LogP contribution < -0.4 is 5.32 Å². The molecule has 0 aliphatic heterocycles. The molecule has 0 saturated carbocycles. The second kappa shape index (κ2) is 9.04. The quantitative estimate of drug-likeness (QED) is 0.432. The Balaban J connectivity index is 1.43. The standard InChI is InChI=1S/C20H17ClN4O3S/c21-14-5-7-15(8-6-14)22-19(26)20-24-23-18(29-20)13-25(11-16-3-1-9-27-16)12-17-4-2-10-28-17/h1-10H,11-13H2,(H,22,26). The first-order valence-electron chi connectivity index (χ1n) is 8.82. The van der Waals surface area contributed by atoms with Crippen molar-refractivity contribution >= 4 is 34.5 Å². The summed E-state index contributed by atoms with van der Waals surface area (Å²) in [5.74, 6) is 1.36. The van der Waals surface area contributed by atoms with Crippen LogP contribution in [0.15, 0.2) is 69.9 Å². The van der Waals surface area contributed by atoms with E-state index in [0.29, 0.717) is 35.4 Å². The van der Waals surface area contributed by atoms with Crippen LogP contribution >= 0.6 is 22.9 Å². The smallest absolute Gasteiger partial charge is 0.286 e. The number of aromatic nitrogens is 2. The Kier molecular flexibility index (Phi) is 6.04. The zero-order valence-electron chi connectivity index (χ0n) is 15.2. The number of nitrogens with one attached hydrogen (secondary N) is 1. The first-order valence-corrected chi connectivity index (χ1v) is 10.0. The number of halogens is 1. The third-order valence-electron chi connectivity index (χ3n) is 4.04. The average Bonchev–Trinajstić information content (AvgIpc) is 3.47. The van der Waals surface area contributed by atoms with Gasteiger partial charge in [0.2, 0.25) is 5.01 Å². The molecule has 0 atom stereocenters. The molecule has 1 amide bonds. The summed E-state index contributed by atoms with van der Waals surface area (Å²) >= 11 is 7.12. The lowest BCUT2D eigenvalue weighted by molar-refractivity contribution is 0.102. The van der Waals surface area contributed by atoms with Crippen molar-refractivity contribution in [2.75, 3.05) is 5.32 Å². The summed E-state index contributed by atoms with van der Waals surface area (Å²) in [6, 6.07) is 14.4. The van der Waals surface area contributed by atoms with E-state index in [-0.39, 0.29) is 5.91 Å². The van der Waals surface area contributed by atoms with Gasteiger partial charge in [-0.15, -0.1) is 10.2 Å². The maximum absolute atomic E-state index is 12.4. The van der Waals surface area contributed by atoms with Crippen LogP contribution in [0.3, 0.4) is 0 Å². The van der Waals surface area contributed by atoms with Crippen LogP contribution in [0.25, 0.3) is 0 Å². The first-order chi connectivity index (χ1) is 14.2. The molecule has 0 aliphatic carbocycles. The summed E-state index contributed by atoms with van der Waals surface area (Å²) in [6.45, 7) is 1.67. The van der Waals surface area contributed by atoms with Crippen LogP contribution in [-0.4, -0.2) is 21.0 Å². The fourth-order valence-electron chi connectivity index (χ4n) is 2.73. The molecule has 3 heterocycles. The summed E-state index contributed by atoms with van der Waals surface area (Å²) < 4.78 is 10.9. The van der Waals surface area contributed by atoms with E-state index in [4.69, 9.17) is 20.4 Å². The van der Waals surface area contributed by atoms with Crippen LogP contribution in [0.5, 0.6) is 0 Å². The SMILES string of the molecule is O=C(Nc1ccc(Cl)cc1)c1nnc(CN(Cc2ccco2)Cc2ccco2)s1. The van der Waals surface area contributed by atoms with Gasteiger partial charge in [-0.1, -0.05) is 22.9 Å². The molecular formula is C20H17ClN4O3S. The van der Waals surface area contributed by atoms with Crippen molar-refractivity contribution in [1.29, 1.82) is 0 Å². The maximum Gasteiger partial charge on any atom is 0.286 e. The van der Waals surface area contributed by atoms with Gasteiger partial charge < -0.3 is 14.2 Å². The van der Waals surface area contributed by atoms with Gasteiger partial charge in [-0.25, -0.2) is 0 Å². The van der Waals surface area contributed by atoms with Gasteiger partial charge in [0.1, 0.15) is 16.5 Å². The van der Waals surface area contributed by atoms with Gasteiger partial charge in [0, 0.05) is 10.7 Å². The van der Waals surface area contributed by atoms with E-state index in [1.54, 1.807) is 36.8 Å². The number of benzene rings is 1. The fraction of sp³-hybridized carbons (Fsp3) is 0.150. The number of rotatable bonds is 8. The highest BCUT2D eigenvalue weighted by molar-refractivity contribution is 7.13. The minimum Gasteiger partial charge on any atom is -0.468 e. The second-order valence-electron chi connectivity index (χ2n) is 6.27. The normalized spacial score (nSPS) is 11.1. The Hall–Kier alpha value is -2.94. The topological polar surface area (TPSA) is 84.4 Å². The molecule has 4 aromatic rings. The highest BCUT2D eigenvalue weighted by Gasteiger charge is 2.17. The van der Waals surface area contributed by atoms with Crippen LogP contribution in [-0.2, 0) is 19.6 Å². The highest BCUT2D eigenvalue weighted by atomic mass is 35.5. The zero-order chi connectivity index (χ0) is 20.1. The summed E-state index contributed by atoms with van der Waals surface area (Å²) in [7, 11) is 0. The average molecular weight is 429 g/mol. The molecule has 7 nitrogen and oxygen atoms in total. The first kappa shape index (κ1) is 19.4. The summed E-state index contributed by atoms with van der Waals surface area (Å²) in [4.78, 5) is 14.5. The molecule has 148 valence electrons. The number of carbonyl (C=O) groups excluding carboxylic acids is 1. The molecule has 0 aliphatic rings. The largest absolute Gasteiger partial charge is 0.468 e. The van der Waals surface area contributed by atoms with Gasteiger partial charge >= 0.3 is 0 Å². The van der Waals surface area contributed by atoms with E-state index in [1.165, 1.54) is 11.3 Å². The van der Waals surface area contributed by atoms with Crippen LogP contribution in [0.1, 0.15) is 26.3 Å². The maximum atomic E-state index is 12.4. The number of nitrogens with zero attached hydrogens (tertiary/aromatic N) is 3. The molecule has 0 unspecified atom stereocenters. The lowest BCUT2D eigenvalue weighted by Gasteiger charge is -2.18. The van der Waals surface area contributed by atoms with Gasteiger partial charge in [0.15, 0.2) is 0 Å². The molecule has 3 aromatic heterocycles. The Morgan fingerprint density at radius 3 is 2.21 bits per heavy atom. The van der Waals surface area contributed by atoms with Crippen LogP contribution in [0, 0.1) is 0 Å². The van der Waals surface area contributed by atoms with E-state index in [1.807, 2.05) is 24.3 Å². The Bertz CT molecular complexity index is 1010. The summed E-state index contributed by atoms with van der Waals surface area (Å²) in [6.07, 6.45) is 3.29. The monoisotopic (exact) mass is 428 g/mol. The molecule has 9 heteroatoms. The molecular weight excluding hydrogens is 412 g/mol. The third-order valence-corrected chi connectivity index (χ3v) is 5.20. The van der Waals surface area contributed by atoms with Crippen molar-refractivity contribution in [1.82, 2.24) is 15.1 Å². The van der Waals surface area contributed by atoms with Gasteiger partial charge in [-0.05, 0) is 48.5 Å². The molecule has 29 heavy (non-hydrogen) atoms. The Morgan fingerprint density at radius 1 is 0.966 bits per heavy atom. The van der Waals surface area contributed by atoms with Gasteiger partial charge in [0.05, 0.1) is 32.2 Å². The van der Waals surface area contributed by atoms with Gasteiger partial charge in [-0.2, -0.15) is 0 Å². The van der Waals surface area contributed by atoms with Crippen molar-refractivity contribution in [2.45, 2.75) is 19.6 Å². The summed E-state index contributed by atoms with van der Waals surface area (Å²) in [5.41, 5.74) is 0.647. The van der Waals surface area contributed by atoms with E-state index in [2.05, 4.69) is 20.4 Å². The highest BCUT2D eigenvalue weighted by Crippen LogP contribution is 2.19. The van der Waals surface area contributed by atoms with E-state index in [0.717, 1.165) is 16.5 Å². The molecule has 0 radical (unpaired) electrons. The zero-order valence-corrected chi connectivity index (χ0v) is 16.8. The minimum absolute atomic E-state index is 0.297. The third kappa shape index (κ3) is 5.32. The molecule has 4 rings (SSSR count). The number of carbonyl (C=O) groups is 1. The summed E-state index contributed by atoms with van der Waals surface area (Å²) in [5, 5.41) is 12.6. The lowest BCUT2D eigenvalue weighted by Crippen LogP contribution is -2.21. The number of anilines is 1. The van der Waals surface area contributed by atoms with Crippen molar-refractivity contribution in [3.63, 3.8) is 0 Å². The van der Waals surface area contributed by atoms with E-state index >= 15 is 0 Å². The van der Waals surface area contributed by atoms with Crippen LogP contribution in [0.4, 0.5) is 5.69 Å². The second-order valence-corrected chi connectivity index (χ2v) is 7.76. The van der Waals surface area contributed by atoms with E-state index < -0.39 is 0 Å².